The van der Waals surface area contributed by atoms with Crippen LogP contribution >= 0.6 is 0 Å². The number of rotatable bonds is 6. The van der Waals surface area contributed by atoms with Gasteiger partial charge < -0.3 is 15.0 Å². The van der Waals surface area contributed by atoms with Crippen molar-refractivity contribution in [3.05, 3.63) is 51.8 Å². The second-order valence-electron chi connectivity index (χ2n) is 6.95. The molecule has 0 unspecified atom stereocenters. The number of amides is 2. The molecule has 1 aliphatic heterocycles. The zero-order valence-electron chi connectivity index (χ0n) is 16.1. The molecule has 1 aromatic heterocycles. The summed E-state index contributed by atoms with van der Waals surface area (Å²) in [6, 6.07) is 6.20. The Labute approximate surface area is 159 Å². The fourth-order valence-electron chi connectivity index (χ4n) is 3.32. The van der Waals surface area contributed by atoms with Gasteiger partial charge in [0, 0.05) is 25.8 Å². The summed E-state index contributed by atoms with van der Waals surface area (Å²) in [5.74, 6) is -0.134. The maximum absolute atomic E-state index is 12.6. The number of hydrogen-bond acceptors (Lipinski definition) is 4. The van der Waals surface area contributed by atoms with E-state index in [1.165, 1.54) is 5.56 Å². The SMILES string of the molecule is COCCC(=O)N1CCc2c(C(=O)NCc3cc(C)ccc3C)n[nH]c2C1. The van der Waals surface area contributed by atoms with Crippen LogP contribution < -0.4 is 5.32 Å². The molecule has 2 aromatic rings. The van der Waals surface area contributed by atoms with Crippen LogP contribution in [0.3, 0.4) is 0 Å². The number of benzene rings is 1. The van der Waals surface area contributed by atoms with Crippen molar-refractivity contribution in [1.82, 2.24) is 20.4 Å². The van der Waals surface area contributed by atoms with E-state index in [2.05, 4.69) is 33.7 Å². The lowest BCUT2D eigenvalue weighted by molar-refractivity contribution is -0.133. The highest BCUT2D eigenvalue weighted by atomic mass is 16.5. The Bertz CT molecular complexity index is 844. The lowest BCUT2D eigenvalue weighted by atomic mass is 10.0. The number of aromatic nitrogens is 2. The number of H-pyrrole nitrogens is 1. The maximum atomic E-state index is 12.6. The molecule has 0 fully saturated rings. The van der Waals surface area contributed by atoms with E-state index in [1.807, 2.05) is 13.8 Å². The topological polar surface area (TPSA) is 87.3 Å². The number of methoxy groups -OCH3 is 1. The zero-order valence-corrected chi connectivity index (χ0v) is 16.1. The van der Waals surface area contributed by atoms with Gasteiger partial charge in [-0.15, -0.1) is 0 Å². The number of nitrogens with zero attached hydrogens (tertiary/aromatic N) is 2. The van der Waals surface area contributed by atoms with Crippen LogP contribution in [-0.4, -0.2) is 47.2 Å². The molecule has 144 valence electrons. The van der Waals surface area contributed by atoms with Crippen molar-refractivity contribution >= 4 is 11.8 Å². The second kappa shape index (κ2) is 8.35. The van der Waals surface area contributed by atoms with Crippen molar-refractivity contribution in [3.8, 4) is 0 Å². The molecule has 3 rings (SSSR count). The Morgan fingerprint density at radius 1 is 1.33 bits per heavy atom. The third kappa shape index (κ3) is 4.36. The number of aryl methyl sites for hydroxylation is 2. The molecule has 0 saturated carbocycles. The van der Waals surface area contributed by atoms with Crippen molar-refractivity contribution < 1.29 is 14.3 Å². The largest absolute Gasteiger partial charge is 0.384 e. The minimum atomic E-state index is -0.187. The van der Waals surface area contributed by atoms with Gasteiger partial charge in [0.2, 0.25) is 5.91 Å². The van der Waals surface area contributed by atoms with Crippen LogP contribution in [0.25, 0.3) is 0 Å². The van der Waals surface area contributed by atoms with Gasteiger partial charge in [-0.3, -0.25) is 14.7 Å². The second-order valence-corrected chi connectivity index (χ2v) is 6.95. The van der Waals surface area contributed by atoms with Gasteiger partial charge in [-0.1, -0.05) is 23.8 Å². The van der Waals surface area contributed by atoms with E-state index >= 15 is 0 Å². The molecule has 0 radical (unpaired) electrons. The first-order chi connectivity index (χ1) is 13.0. The molecule has 1 aromatic carbocycles. The molecule has 1 aliphatic rings. The standard InChI is InChI=1S/C20H26N4O3/c1-13-4-5-14(2)15(10-13)11-21-20(26)19-16-6-8-24(12-17(16)22-23-19)18(25)7-9-27-3/h4-5,10H,6-9,11-12H2,1-3H3,(H,21,26)(H,22,23). The molecule has 0 atom stereocenters. The summed E-state index contributed by atoms with van der Waals surface area (Å²) >= 11 is 0. The quantitative estimate of drug-likeness (QED) is 0.813. The van der Waals surface area contributed by atoms with Gasteiger partial charge in [-0.05, 0) is 31.4 Å². The van der Waals surface area contributed by atoms with Gasteiger partial charge in [-0.2, -0.15) is 5.10 Å². The summed E-state index contributed by atoms with van der Waals surface area (Å²) < 4.78 is 4.97. The minimum absolute atomic E-state index is 0.0537. The number of ether oxygens (including phenoxy) is 1. The molecular weight excluding hydrogens is 344 g/mol. The summed E-state index contributed by atoms with van der Waals surface area (Å²) in [5.41, 5.74) is 5.59. The third-order valence-corrected chi connectivity index (χ3v) is 4.97. The minimum Gasteiger partial charge on any atom is -0.384 e. The lowest BCUT2D eigenvalue weighted by Crippen LogP contribution is -2.37. The molecule has 2 amide bonds. The number of aromatic amines is 1. The molecule has 0 bridgehead atoms. The van der Waals surface area contributed by atoms with E-state index in [-0.39, 0.29) is 11.8 Å². The van der Waals surface area contributed by atoms with Crippen molar-refractivity contribution in [2.75, 3.05) is 20.3 Å². The van der Waals surface area contributed by atoms with Crippen LogP contribution in [0.5, 0.6) is 0 Å². The molecule has 0 aliphatic carbocycles. The first-order valence-electron chi connectivity index (χ1n) is 9.16. The lowest BCUT2D eigenvalue weighted by Gasteiger charge is -2.26. The average Bonchev–Trinajstić information content (AvgIpc) is 3.09. The summed E-state index contributed by atoms with van der Waals surface area (Å²) in [5, 5.41) is 10.1. The van der Waals surface area contributed by atoms with E-state index in [9.17, 15) is 9.59 Å². The van der Waals surface area contributed by atoms with Gasteiger partial charge in [-0.25, -0.2) is 0 Å². The molecule has 2 heterocycles. The molecule has 27 heavy (non-hydrogen) atoms. The predicted octanol–water partition coefficient (Wildman–Crippen LogP) is 1.88. The van der Waals surface area contributed by atoms with Crippen LogP contribution in [0.15, 0.2) is 18.2 Å². The summed E-state index contributed by atoms with van der Waals surface area (Å²) in [6.45, 7) is 6.00. The Balaban J connectivity index is 1.64. The highest BCUT2D eigenvalue weighted by Crippen LogP contribution is 2.21. The van der Waals surface area contributed by atoms with E-state index in [1.54, 1.807) is 12.0 Å². The number of carbonyl (C=O) groups excluding carboxylic acids is 2. The third-order valence-electron chi connectivity index (χ3n) is 4.97. The van der Waals surface area contributed by atoms with Crippen LogP contribution in [0.4, 0.5) is 0 Å². The van der Waals surface area contributed by atoms with Crippen molar-refractivity contribution in [1.29, 1.82) is 0 Å². The van der Waals surface area contributed by atoms with E-state index in [0.29, 0.717) is 44.8 Å². The highest BCUT2D eigenvalue weighted by molar-refractivity contribution is 5.94. The predicted molar refractivity (Wildman–Crippen MR) is 101 cm³/mol. The summed E-state index contributed by atoms with van der Waals surface area (Å²) in [4.78, 5) is 26.5. The van der Waals surface area contributed by atoms with Gasteiger partial charge in [0.1, 0.15) is 0 Å². The van der Waals surface area contributed by atoms with Gasteiger partial charge >= 0.3 is 0 Å². The number of hydrogen-bond donors (Lipinski definition) is 2. The van der Waals surface area contributed by atoms with E-state index in [0.717, 1.165) is 22.4 Å². The van der Waals surface area contributed by atoms with Crippen LogP contribution in [0.2, 0.25) is 0 Å². The van der Waals surface area contributed by atoms with Crippen molar-refractivity contribution in [3.63, 3.8) is 0 Å². The van der Waals surface area contributed by atoms with Gasteiger partial charge in [0.15, 0.2) is 5.69 Å². The van der Waals surface area contributed by atoms with Crippen LogP contribution in [0, 0.1) is 13.8 Å². The first kappa shape index (κ1) is 19.1. The number of fused-ring (bicyclic) bond motifs is 1. The fourth-order valence-corrected chi connectivity index (χ4v) is 3.32. The summed E-state index contributed by atoms with van der Waals surface area (Å²) in [7, 11) is 1.58. The normalized spacial score (nSPS) is 13.4. The molecule has 7 heteroatoms. The van der Waals surface area contributed by atoms with Crippen LogP contribution in [-0.2, 0) is 29.0 Å². The van der Waals surface area contributed by atoms with Crippen LogP contribution in [0.1, 0.15) is 44.9 Å². The Morgan fingerprint density at radius 3 is 2.93 bits per heavy atom. The van der Waals surface area contributed by atoms with Gasteiger partial charge in [0.25, 0.3) is 5.91 Å². The Kier molecular flexibility index (Phi) is 5.91. The number of nitrogens with one attached hydrogen (secondary N) is 2. The Morgan fingerprint density at radius 2 is 2.15 bits per heavy atom. The fraction of sp³-hybridized carbons (Fsp3) is 0.450. The van der Waals surface area contributed by atoms with E-state index in [4.69, 9.17) is 4.74 Å². The Hall–Kier alpha value is -2.67. The first-order valence-corrected chi connectivity index (χ1v) is 9.16. The molecule has 7 nitrogen and oxygen atoms in total. The van der Waals surface area contributed by atoms with Gasteiger partial charge in [0.05, 0.1) is 25.3 Å². The molecular formula is C20H26N4O3. The molecule has 0 spiro atoms. The average molecular weight is 370 g/mol. The van der Waals surface area contributed by atoms with Crippen molar-refractivity contribution in [2.24, 2.45) is 0 Å². The maximum Gasteiger partial charge on any atom is 0.272 e. The van der Waals surface area contributed by atoms with Crippen molar-refractivity contribution in [2.45, 2.75) is 39.8 Å². The summed E-state index contributed by atoms with van der Waals surface area (Å²) in [6.07, 6.45) is 0.986. The van der Waals surface area contributed by atoms with E-state index < -0.39 is 0 Å². The number of carbonyl (C=O) groups is 2. The zero-order chi connectivity index (χ0) is 19.4. The molecule has 0 saturated heterocycles. The smallest absolute Gasteiger partial charge is 0.272 e. The molecule has 2 N–H and O–H groups in total. The monoisotopic (exact) mass is 370 g/mol. The highest BCUT2D eigenvalue weighted by Gasteiger charge is 2.27.